The van der Waals surface area contributed by atoms with Crippen LogP contribution in [0.4, 0.5) is 0 Å². The van der Waals surface area contributed by atoms with E-state index in [0.717, 1.165) is 5.19 Å². The molecule has 0 unspecified atom stereocenters. The van der Waals surface area contributed by atoms with Gasteiger partial charge in [-0.25, -0.2) is 0 Å². The third kappa shape index (κ3) is 2.51. The van der Waals surface area contributed by atoms with Crippen molar-refractivity contribution in [2.75, 3.05) is 14.2 Å². The fourth-order valence-corrected chi connectivity index (χ4v) is 2.91. The number of rotatable bonds is 4. The highest BCUT2D eigenvalue weighted by Gasteiger charge is 2.27. The Kier molecular flexibility index (Phi) is 3.87. The van der Waals surface area contributed by atoms with Crippen LogP contribution in [0.25, 0.3) is 5.53 Å². The van der Waals surface area contributed by atoms with Gasteiger partial charge < -0.3 is 15.0 Å². The van der Waals surface area contributed by atoms with Crippen molar-refractivity contribution in [1.29, 1.82) is 0 Å². The summed E-state index contributed by atoms with van der Waals surface area (Å²) in [5, 5.41) is 1.13. The summed E-state index contributed by atoms with van der Waals surface area (Å²) in [6.07, 6.45) is 0. The average molecular weight is 236 g/mol. The van der Waals surface area contributed by atoms with Gasteiger partial charge in [0.1, 0.15) is 0 Å². The lowest BCUT2D eigenvalue weighted by molar-refractivity contribution is 0.00690. The van der Waals surface area contributed by atoms with Crippen molar-refractivity contribution in [2.45, 2.75) is 13.1 Å². The zero-order valence-corrected chi connectivity index (χ0v) is 11.0. The van der Waals surface area contributed by atoms with Gasteiger partial charge in [0.05, 0.1) is 14.2 Å². The van der Waals surface area contributed by atoms with E-state index in [0.29, 0.717) is 11.5 Å². The van der Waals surface area contributed by atoms with Gasteiger partial charge in [-0.05, 0) is 17.3 Å². The lowest BCUT2D eigenvalue weighted by Crippen LogP contribution is -2.43. The molecule has 0 spiro atoms. The first kappa shape index (κ1) is 12.5. The Labute approximate surface area is 96.4 Å². The third-order valence-corrected chi connectivity index (χ3v) is 5.07. The quantitative estimate of drug-likeness (QED) is 0.344. The monoisotopic (exact) mass is 236 g/mol. The highest BCUT2D eigenvalue weighted by atomic mass is 28.3. The van der Waals surface area contributed by atoms with Crippen LogP contribution in [-0.4, -0.2) is 32.9 Å². The van der Waals surface area contributed by atoms with E-state index in [1.165, 1.54) is 0 Å². The topological polar surface area (TPSA) is 54.9 Å². The van der Waals surface area contributed by atoms with Gasteiger partial charge in [0.2, 0.25) is 13.9 Å². The molecule has 0 aliphatic rings. The SMILES string of the molecule is COc1ccc([Si](C)(C)C=[N+]=[N-])cc1OC. The van der Waals surface area contributed by atoms with E-state index in [1.807, 2.05) is 18.2 Å². The van der Waals surface area contributed by atoms with E-state index in [9.17, 15) is 0 Å². The Bertz CT molecular complexity index is 426. The van der Waals surface area contributed by atoms with Crippen LogP contribution in [0.3, 0.4) is 0 Å². The smallest absolute Gasteiger partial charge is 0.231 e. The maximum Gasteiger partial charge on any atom is 0.231 e. The van der Waals surface area contributed by atoms with Gasteiger partial charge in [-0.3, -0.25) is 0 Å². The number of hydrogen-bond donors (Lipinski definition) is 0. The zero-order chi connectivity index (χ0) is 12.2. The molecule has 1 aromatic carbocycles. The van der Waals surface area contributed by atoms with Gasteiger partial charge in [0, 0.05) is 0 Å². The van der Waals surface area contributed by atoms with Gasteiger partial charge in [0.25, 0.3) is 0 Å². The molecular weight excluding hydrogens is 220 g/mol. The van der Waals surface area contributed by atoms with Gasteiger partial charge in [-0.1, -0.05) is 19.2 Å². The molecule has 0 N–H and O–H groups in total. The van der Waals surface area contributed by atoms with Crippen LogP contribution >= 0.6 is 0 Å². The van der Waals surface area contributed by atoms with Gasteiger partial charge in [-0.15, -0.1) is 0 Å². The van der Waals surface area contributed by atoms with E-state index in [4.69, 9.17) is 15.0 Å². The molecule has 0 aliphatic carbocycles. The highest BCUT2D eigenvalue weighted by Crippen LogP contribution is 2.25. The van der Waals surface area contributed by atoms with Crippen molar-refractivity contribution < 1.29 is 14.3 Å². The molecule has 0 fully saturated rings. The predicted molar refractivity (Wildman–Crippen MR) is 66.3 cm³/mol. The Hall–Kier alpha value is -1.58. The van der Waals surface area contributed by atoms with Crippen molar-refractivity contribution in [2.24, 2.45) is 0 Å². The molecule has 0 amide bonds. The normalized spacial score (nSPS) is 10.5. The maximum atomic E-state index is 8.64. The second-order valence-corrected chi connectivity index (χ2v) is 8.31. The predicted octanol–water partition coefficient (Wildman–Crippen LogP) is 1.46. The summed E-state index contributed by atoms with van der Waals surface area (Å²) in [6.45, 7) is 4.18. The average Bonchev–Trinajstić information content (AvgIpc) is 2.28. The molecule has 5 heteroatoms. The summed E-state index contributed by atoms with van der Waals surface area (Å²) in [7, 11) is 1.37. The second-order valence-electron chi connectivity index (χ2n) is 4.04. The molecule has 1 rings (SSSR count). The van der Waals surface area contributed by atoms with Gasteiger partial charge >= 0.3 is 0 Å². The summed E-state index contributed by atoms with van der Waals surface area (Å²) < 4.78 is 10.4. The Balaban J connectivity index is 3.22. The fraction of sp³-hybridized carbons (Fsp3) is 0.364. The molecule has 1 aromatic rings. The number of ether oxygens (including phenoxy) is 2. The minimum absolute atomic E-state index is 0.701. The minimum Gasteiger partial charge on any atom is -0.493 e. The van der Waals surface area contributed by atoms with Crippen LogP contribution in [0.5, 0.6) is 11.5 Å². The Morgan fingerprint density at radius 3 is 2.31 bits per heavy atom. The summed E-state index contributed by atoms with van der Waals surface area (Å²) in [6, 6.07) is 5.79. The fourth-order valence-electron chi connectivity index (χ4n) is 1.46. The molecular formula is C11H16N2O2Si. The second kappa shape index (κ2) is 4.96. The first-order valence-corrected chi connectivity index (χ1v) is 8.04. The van der Waals surface area contributed by atoms with E-state index >= 15 is 0 Å². The molecule has 0 radical (unpaired) electrons. The molecule has 0 atom stereocenters. The number of hydrogen-bond acceptors (Lipinski definition) is 2. The van der Waals surface area contributed by atoms with Crippen molar-refractivity contribution in [1.82, 2.24) is 0 Å². The van der Waals surface area contributed by atoms with Crippen LogP contribution in [0, 0.1) is 0 Å². The van der Waals surface area contributed by atoms with Crippen LogP contribution in [-0.2, 0) is 0 Å². The number of methoxy groups -OCH3 is 2. The van der Waals surface area contributed by atoms with Crippen LogP contribution < -0.4 is 14.7 Å². The summed E-state index contributed by atoms with van der Waals surface area (Å²) in [4.78, 5) is 3.15. The van der Waals surface area contributed by atoms with Crippen LogP contribution in [0.1, 0.15) is 0 Å². The van der Waals surface area contributed by atoms with Gasteiger partial charge in [-0.2, -0.15) is 4.79 Å². The van der Waals surface area contributed by atoms with E-state index in [2.05, 4.69) is 17.9 Å². The molecule has 86 valence electrons. The first-order chi connectivity index (χ1) is 7.55. The molecule has 4 nitrogen and oxygen atoms in total. The highest BCUT2D eigenvalue weighted by molar-refractivity contribution is 7.09. The Morgan fingerprint density at radius 1 is 1.19 bits per heavy atom. The Morgan fingerprint density at radius 2 is 1.81 bits per heavy atom. The van der Waals surface area contributed by atoms with E-state index in [-0.39, 0.29) is 0 Å². The molecule has 0 aromatic heterocycles. The molecule has 0 heterocycles. The molecule has 0 aliphatic heterocycles. The van der Waals surface area contributed by atoms with Crippen molar-refractivity contribution in [3.63, 3.8) is 0 Å². The van der Waals surface area contributed by atoms with E-state index in [1.54, 1.807) is 20.1 Å². The largest absolute Gasteiger partial charge is 0.493 e. The van der Waals surface area contributed by atoms with Gasteiger partial charge in [0.15, 0.2) is 11.5 Å². The molecule has 16 heavy (non-hydrogen) atoms. The van der Waals surface area contributed by atoms with Crippen molar-refractivity contribution >= 4 is 19.1 Å². The van der Waals surface area contributed by atoms with Crippen molar-refractivity contribution in [3.05, 3.63) is 23.7 Å². The van der Waals surface area contributed by atoms with Crippen molar-refractivity contribution in [3.8, 4) is 11.5 Å². The maximum absolute atomic E-state index is 8.64. The summed E-state index contributed by atoms with van der Waals surface area (Å²) in [5.41, 5.74) is 8.64. The molecule has 0 bridgehead atoms. The zero-order valence-electron chi connectivity index (χ0n) is 10.0. The number of benzene rings is 1. The molecule has 0 saturated carbocycles. The standard InChI is InChI=1S/C11H16N2O2Si/c1-14-10-6-5-9(7-11(10)15-2)16(3,4)8-13-12/h5-8H,1-4H3. The third-order valence-electron chi connectivity index (χ3n) is 2.51. The molecule has 0 saturated heterocycles. The van der Waals surface area contributed by atoms with Crippen LogP contribution in [0.15, 0.2) is 18.2 Å². The minimum atomic E-state index is -1.84. The lowest BCUT2D eigenvalue weighted by Gasteiger charge is -2.15. The summed E-state index contributed by atoms with van der Waals surface area (Å²) >= 11 is 0. The van der Waals surface area contributed by atoms with Crippen LogP contribution in [0.2, 0.25) is 13.1 Å². The van der Waals surface area contributed by atoms with E-state index < -0.39 is 8.07 Å². The first-order valence-electron chi connectivity index (χ1n) is 4.96. The lowest BCUT2D eigenvalue weighted by atomic mass is 10.3. The number of nitrogens with zero attached hydrogens (tertiary/aromatic N) is 2. The summed E-state index contributed by atoms with van der Waals surface area (Å²) in [5.74, 6) is 3.03.